The van der Waals surface area contributed by atoms with Crippen LogP contribution in [-0.4, -0.2) is 18.5 Å². The van der Waals surface area contributed by atoms with E-state index in [1.165, 1.54) is 24.0 Å². The van der Waals surface area contributed by atoms with Crippen molar-refractivity contribution in [3.63, 3.8) is 0 Å². The van der Waals surface area contributed by atoms with E-state index in [9.17, 15) is 4.79 Å². The Morgan fingerprint density at radius 3 is 2.78 bits per heavy atom. The van der Waals surface area contributed by atoms with Crippen molar-refractivity contribution in [1.29, 1.82) is 0 Å². The number of nitrogens with one attached hydrogen (secondary N) is 1. The highest BCUT2D eigenvalue weighted by atomic mass is 16.3. The number of rotatable bonds is 4. The maximum Gasteiger partial charge on any atom is 0.224 e. The average Bonchev–Trinajstić information content (AvgIpc) is 2.90. The monoisotopic (exact) mass is 314 g/mol. The van der Waals surface area contributed by atoms with Crippen LogP contribution in [0, 0.1) is 19.8 Å². The van der Waals surface area contributed by atoms with E-state index < -0.39 is 0 Å². The van der Waals surface area contributed by atoms with Crippen molar-refractivity contribution in [3.8, 4) is 0 Å². The number of furan rings is 1. The minimum Gasteiger partial charge on any atom is -0.464 e. The standard InChI is InChI=1S/C19H26N2O2/c1-12-7-16-15(11-23-18(16)8-13(12)2)9-19(22)21-17-6-4-3-5-14(17)10-20/h7-8,11,14,17H,3-6,9-10,20H2,1-2H3,(H,21,22). The number of aryl methyl sites for hydroxylation is 2. The Morgan fingerprint density at radius 1 is 1.26 bits per heavy atom. The van der Waals surface area contributed by atoms with Gasteiger partial charge in [0.1, 0.15) is 5.58 Å². The van der Waals surface area contributed by atoms with Crippen molar-refractivity contribution in [2.45, 2.75) is 52.0 Å². The first-order valence-corrected chi connectivity index (χ1v) is 8.55. The Kier molecular flexibility index (Phi) is 4.71. The van der Waals surface area contributed by atoms with Crippen molar-refractivity contribution in [2.24, 2.45) is 11.7 Å². The van der Waals surface area contributed by atoms with Gasteiger partial charge in [-0.25, -0.2) is 0 Å². The highest BCUT2D eigenvalue weighted by Crippen LogP contribution is 2.26. The predicted molar refractivity (Wildman–Crippen MR) is 92.3 cm³/mol. The molecule has 0 aliphatic heterocycles. The molecule has 1 aliphatic carbocycles. The number of amides is 1. The minimum absolute atomic E-state index is 0.0660. The zero-order valence-corrected chi connectivity index (χ0v) is 14.0. The first-order valence-electron chi connectivity index (χ1n) is 8.55. The summed E-state index contributed by atoms with van der Waals surface area (Å²) in [6, 6.07) is 4.38. The minimum atomic E-state index is 0.0660. The third kappa shape index (κ3) is 3.42. The Bertz CT molecular complexity index is 705. The Labute approximate surface area is 137 Å². The lowest BCUT2D eigenvalue weighted by atomic mass is 9.84. The number of hydrogen-bond acceptors (Lipinski definition) is 3. The fraction of sp³-hybridized carbons (Fsp3) is 0.526. The van der Waals surface area contributed by atoms with Crippen LogP contribution in [0.25, 0.3) is 11.0 Å². The highest BCUT2D eigenvalue weighted by molar-refractivity contribution is 5.88. The van der Waals surface area contributed by atoms with Crippen LogP contribution in [0.2, 0.25) is 0 Å². The Balaban J connectivity index is 1.71. The first kappa shape index (κ1) is 16.1. The summed E-state index contributed by atoms with van der Waals surface area (Å²) in [6.45, 7) is 4.80. The smallest absolute Gasteiger partial charge is 0.224 e. The van der Waals surface area contributed by atoms with E-state index in [2.05, 4.69) is 25.2 Å². The quantitative estimate of drug-likeness (QED) is 0.910. The summed E-state index contributed by atoms with van der Waals surface area (Å²) in [6.07, 6.45) is 6.63. The molecule has 3 N–H and O–H groups in total. The number of carbonyl (C=O) groups is 1. The van der Waals surface area contributed by atoms with Gasteiger partial charge in [0.25, 0.3) is 0 Å². The lowest BCUT2D eigenvalue weighted by Crippen LogP contribution is -2.45. The van der Waals surface area contributed by atoms with Crippen molar-refractivity contribution in [2.75, 3.05) is 6.54 Å². The van der Waals surface area contributed by atoms with Crippen molar-refractivity contribution in [1.82, 2.24) is 5.32 Å². The molecular formula is C19H26N2O2. The van der Waals surface area contributed by atoms with E-state index in [4.69, 9.17) is 10.2 Å². The van der Waals surface area contributed by atoms with Crippen LogP contribution in [0.15, 0.2) is 22.8 Å². The maximum atomic E-state index is 12.4. The summed E-state index contributed by atoms with van der Waals surface area (Å²) < 4.78 is 5.62. The summed E-state index contributed by atoms with van der Waals surface area (Å²) in [5.74, 6) is 0.481. The van der Waals surface area contributed by atoms with Gasteiger partial charge in [0.15, 0.2) is 0 Å². The maximum absolute atomic E-state index is 12.4. The molecule has 0 radical (unpaired) electrons. The van der Waals surface area contributed by atoms with Gasteiger partial charge in [-0.2, -0.15) is 0 Å². The topological polar surface area (TPSA) is 68.3 Å². The lowest BCUT2D eigenvalue weighted by Gasteiger charge is -2.31. The van der Waals surface area contributed by atoms with Gasteiger partial charge >= 0.3 is 0 Å². The Morgan fingerprint density at radius 2 is 2.00 bits per heavy atom. The zero-order chi connectivity index (χ0) is 16.4. The molecule has 1 saturated carbocycles. The van der Waals surface area contributed by atoms with E-state index in [-0.39, 0.29) is 11.9 Å². The molecule has 1 aliphatic rings. The van der Waals surface area contributed by atoms with Gasteiger partial charge in [0, 0.05) is 17.0 Å². The lowest BCUT2D eigenvalue weighted by molar-refractivity contribution is -0.121. The summed E-state index contributed by atoms with van der Waals surface area (Å²) in [4.78, 5) is 12.4. The van der Waals surface area contributed by atoms with Crippen molar-refractivity contribution >= 4 is 16.9 Å². The molecule has 124 valence electrons. The number of carbonyl (C=O) groups excluding carboxylic acids is 1. The third-order valence-corrected chi connectivity index (χ3v) is 5.18. The fourth-order valence-corrected chi connectivity index (χ4v) is 3.58. The molecule has 4 heteroatoms. The number of nitrogens with two attached hydrogens (primary N) is 1. The molecule has 2 aromatic rings. The van der Waals surface area contributed by atoms with Crippen LogP contribution in [0.4, 0.5) is 0 Å². The van der Waals surface area contributed by atoms with Gasteiger partial charge < -0.3 is 15.5 Å². The second-order valence-electron chi connectivity index (χ2n) is 6.82. The van der Waals surface area contributed by atoms with E-state index >= 15 is 0 Å². The van der Waals surface area contributed by atoms with Crippen molar-refractivity contribution < 1.29 is 9.21 Å². The molecule has 0 saturated heterocycles. The summed E-state index contributed by atoms with van der Waals surface area (Å²) in [7, 11) is 0. The average molecular weight is 314 g/mol. The SMILES string of the molecule is Cc1cc2occ(CC(=O)NC3CCCCC3CN)c2cc1C. The highest BCUT2D eigenvalue weighted by Gasteiger charge is 2.25. The molecule has 0 bridgehead atoms. The van der Waals surface area contributed by atoms with Crippen molar-refractivity contribution in [3.05, 3.63) is 35.1 Å². The van der Waals surface area contributed by atoms with Crippen LogP contribution in [0.3, 0.4) is 0 Å². The molecule has 1 amide bonds. The van der Waals surface area contributed by atoms with Crippen LogP contribution >= 0.6 is 0 Å². The van der Waals surface area contributed by atoms with Crippen LogP contribution in [0.5, 0.6) is 0 Å². The van der Waals surface area contributed by atoms with E-state index in [0.717, 1.165) is 29.4 Å². The molecule has 1 heterocycles. The Hall–Kier alpha value is -1.81. The van der Waals surface area contributed by atoms with Gasteiger partial charge in [-0.3, -0.25) is 4.79 Å². The molecule has 3 rings (SSSR count). The van der Waals surface area contributed by atoms with E-state index in [1.807, 2.05) is 6.07 Å². The fourth-order valence-electron chi connectivity index (χ4n) is 3.58. The largest absolute Gasteiger partial charge is 0.464 e. The first-order chi connectivity index (χ1) is 11.1. The zero-order valence-electron chi connectivity index (χ0n) is 14.0. The number of fused-ring (bicyclic) bond motifs is 1. The molecule has 2 atom stereocenters. The van der Waals surface area contributed by atoms with Gasteiger partial charge in [0.05, 0.1) is 12.7 Å². The van der Waals surface area contributed by atoms with Crippen LogP contribution in [-0.2, 0) is 11.2 Å². The van der Waals surface area contributed by atoms with E-state index in [0.29, 0.717) is 18.9 Å². The molecular weight excluding hydrogens is 288 g/mol. The number of hydrogen-bond donors (Lipinski definition) is 2. The van der Waals surface area contributed by atoms with Crippen LogP contribution in [0.1, 0.15) is 42.4 Å². The summed E-state index contributed by atoms with van der Waals surface area (Å²) in [5.41, 5.74) is 10.1. The van der Waals surface area contributed by atoms with E-state index in [1.54, 1.807) is 6.26 Å². The summed E-state index contributed by atoms with van der Waals surface area (Å²) in [5, 5.41) is 4.23. The molecule has 2 unspecified atom stereocenters. The molecule has 1 fully saturated rings. The molecule has 1 aromatic carbocycles. The summed E-state index contributed by atoms with van der Waals surface area (Å²) >= 11 is 0. The molecule has 4 nitrogen and oxygen atoms in total. The molecule has 0 spiro atoms. The molecule has 1 aromatic heterocycles. The normalized spacial score (nSPS) is 21.5. The molecule has 23 heavy (non-hydrogen) atoms. The second kappa shape index (κ2) is 6.75. The predicted octanol–water partition coefficient (Wildman–Crippen LogP) is 3.23. The second-order valence-corrected chi connectivity index (χ2v) is 6.82. The van der Waals surface area contributed by atoms with Gasteiger partial charge in [-0.1, -0.05) is 12.8 Å². The van der Waals surface area contributed by atoms with Gasteiger partial charge in [0.2, 0.25) is 5.91 Å². The van der Waals surface area contributed by atoms with Gasteiger partial charge in [-0.05, 0) is 62.4 Å². The number of benzene rings is 1. The van der Waals surface area contributed by atoms with Gasteiger partial charge in [-0.15, -0.1) is 0 Å². The van der Waals surface area contributed by atoms with Crippen LogP contribution < -0.4 is 11.1 Å². The third-order valence-electron chi connectivity index (χ3n) is 5.18.